The molecule has 126 valence electrons. The van der Waals surface area contributed by atoms with E-state index in [1.165, 1.54) is 24.3 Å². The van der Waals surface area contributed by atoms with Gasteiger partial charge in [-0.25, -0.2) is 4.79 Å². The second-order valence-electron chi connectivity index (χ2n) is 5.68. The molecule has 2 aromatic carbocycles. The van der Waals surface area contributed by atoms with Crippen molar-refractivity contribution in [3.8, 4) is 16.9 Å². The number of halogens is 3. The molecule has 0 spiro atoms. The van der Waals surface area contributed by atoms with Gasteiger partial charge in [0.05, 0.1) is 22.7 Å². The van der Waals surface area contributed by atoms with Crippen LogP contribution in [0.25, 0.3) is 22.2 Å². The molecule has 0 aliphatic heterocycles. The molecule has 1 heterocycles. The number of benzene rings is 2. The van der Waals surface area contributed by atoms with E-state index in [-0.39, 0.29) is 17.4 Å². The molecule has 1 aromatic heterocycles. The van der Waals surface area contributed by atoms with Crippen molar-refractivity contribution in [3.05, 3.63) is 52.4 Å². The predicted octanol–water partition coefficient (Wildman–Crippen LogP) is 4.33. The van der Waals surface area contributed by atoms with Gasteiger partial charge in [-0.2, -0.15) is 13.2 Å². The molecule has 4 nitrogen and oxygen atoms in total. The molecule has 0 saturated carbocycles. The first-order valence-electron chi connectivity index (χ1n) is 7.35. The molecule has 0 aliphatic carbocycles. The van der Waals surface area contributed by atoms with Gasteiger partial charge >= 0.3 is 11.9 Å². The van der Waals surface area contributed by atoms with Crippen LogP contribution in [0.3, 0.4) is 0 Å². The van der Waals surface area contributed by atoms with E-state index in [9.17, 15) is 18.0 Å². The third-order valence-corrected chi connectivity index (χ3v) is 3.50. The Bertz CT molecular complexity index is 939. The summed E-state index contributed by atoms with van der Waals surface area (Å²) in [6.45, 7) is 3.49. The van der Waals surface area contributed by atoms with Crippen molar-refractivity contribution >= 4 is 11.0 Å². The summed E-state index contributed by atoms with van der Waals surface area (Å²) in [6, 6.07) is 8.45. The maximum absolute atomic E-state index is 13.4. The van der Waals surface area contributed by atoms with Crippen LogP contribution in [0, 0.1) is 0 Å². The Kier molecular flexibility index (Phi) is 3.87. The van der Waals surface area contributed by atoms with Gasteiger partial charge in [0.25, 0.3) is 0 Å². The van der Waals surface area contributed by atoms with E-state index in [1.54, 1.807) is 19.9 Å². The number of H-pyrrole nitrogens is 2. The number of ether oxygens (including phenoxy) is 1. The van der Waals surface area contributed by atoms with E-state index in [4.69, 9.17) is 4.74 Å². The largest absolute Gasteiger partial charge is 0.490 e. The lowest BCUT2D eigenvalue weighted by Crippen LogP contribution is -2.11. The lowest BCUT2D eigenvalue weighted by molar-refractivity contribution is -0.137. The summed E-state index contributed by atoms with van der Waals surface area (Å²) < 4.78 is 45.9. The number of hydrogen-bond acceptors (Lipinski definition) is 2. The molecule has 3 rings (SSSR count). The monoisotopic (exact) mass is 336 g/mol. The van der Waals surface area contributed by atoms with Gasteiger partial charge in [-0.05, 0) is 43.7 Å². The number of hydrogen-bond donors (Lipinski definition) is 2. The van der Waals surface area contributed by atoms with Crippen molar-refractivity contribution in [2.24, 2.45) is 0 Å². The Labute approximate surface area is 135 Å². The number of fused-ring (bicyclic) bond motifs is 1. The highest BCUT2D eigenvalue weighted by molar-refractivity contribution is 5.84. The summed E-state index contributed by atoms with van der Waals surface area (Å²) in [5.41, 5.74) is 0.0521. The molecule has 0 bridgehead atoms. The molecule has 2 N–H and O–H groups in total. The topological polar surface area (TPSA) is 57.9 Å². The molecule has 7 heteroatoms. The first-order valence-corrected chi connectivity index (χ1v) is 7.35. The van der Waals surface area contributed by atoms with E-state index in [0.717, 1.165) is 6.07 Å². The van der Waals surface area contributed by atoms with Crippen molar-refractivity contribution in [1.29, 1.82) is 0 Å². The SMILES string of the molecule is CC(C)Oc1cccc(C(F)(F)F)c1-c1ccc2[nH]c(=O)[nH]c2c1. The number of aromatic amines is 2. The number of aromatic nitrogens is 2. The fourth-order valence-corrected chi connectivity index (χ4v) is 2.61. The molecule has 0 atom stereocenters. The van der Waals surface area contributed by atoms with Crippen LogP contribution in [0.15, 0.2) is 41.2 Å². The average Bonchev–Trinajstić information content (AvgIpc) is 2.84. The minimum absolute atomic E-state index is 0.0392. The second kappa shape index (κ2) is 5.74. The predicted molar refractivity (Wildman–Crippen MR) is 85.1 cm³/mol. The van der Waals surface area contributed by atoms with Gasteiger partial charge in [0.2, 0.25) is 0 Å². The standard InChI is InChI=1S/C17H15F3N2O2/c1-9(2)24-14-5-3-4-11(17(18,19)20)15(14)10-6-7-12-13(8-10)22-16(23)21-12/h3-9H,1-2H3,(H2,21,22,23). The van der Waals surface area contributed by atoms with Crippen LogP contribution in [0.5, 0.6) is 5.75 Å². The Hall–Kier alpha value is -2.70. The zero-order valence-electron chi connectivity index (χ0n) is 13.0. The van der Waals surface area contributed by atoms with E-state index < -0.39 is 17.4 Å². The van der Waals surface area contributed by atoms with E-state index in [0.29, 0.717) is 16.6 Å². The van der Waals surface area contributed by atoms with Crippen molar-refractivity contribution in [2.75, 3.05) is 0 Å². The normalized spacial score (nSPS) is 12.1. The zero-order valence-corrected chi connectivity index (χ0v) is 13.0. The zero-order chi connectivity index (χ0) is 17.5. The third-order valence-electron chi connectivity index (χ3n) is 3.50. The van der Waals surface area contributed by atoms with Crippen LogP contribution in [0.4, 0.5) is 13.2 Å². The fraction of sp³-hybridized carbons (Fsp3) is 0.235. The molecule has 3 aromatic rings. The Balaban J connectivity index is 2.27. The van der Waals surface area contributed by atoms with Crippen LogP contribution in [-0.2, 0) is 6.18 Å². The summed E-state index contributed by atoms with van der Waals surface area (Å²) in [5.74, 6) is 0.150. The number of alkyl halides is 3. The molecule has 0 unspecified atom stereocenters. The van der Waals surface area contributed by atoms with Crippen molar-refractivity contribution in [1.82, 2.24) is 9.97 Å². The van der Waals surface area contributed by atoms with E-state index in [2.05, 4.69) is 9.97 Å². The Morgan fingerprint density at radius 2 is 1.75 bits per heavy atom. The first kappa shape index (κ1) is 16.2. The minimum atomic E-state index is -4.52. The molecular weight excluding hydrogens is 321 g/mol. The van der Waals surface area contributed by atoms with Crippen LogP contribution < -0.4 is 10.4 Å². The molecular formula is C17H15F3N2O2. The van der Waals surface area contributed by atoms with Crippen LogP contribution >= 0.6 is 0 Å². The lowest BCUT2D eigenvalue weighted by atomic mass is 9.97. The summed E-state index contributed by atoms with van der Waals surface area (Å²) in [7, 11) is 0. The molecule has 0 fully saturated rings. The van der Waals surface area contributed by atoms with Gasteiger partial charge in [-0.3, -0.25) is 0 Å². The summed E-state index contributed by atoms with van der Waals surface area (Å²) in [5, 5.41) is 0. The highest BCUT2D eigenvalue weighted by Gasteiger charge is 2.35. The molecule has 0 radical (unpaired) electrons. The van der Waals surface area contributed by atoms with Gasteiger partial charge in [0.15, 0.2) is 0 Å². The van der Waals surface area contributed by atoms with Gasteiger partial charge in [0.1, 0.15) is 5.75 Å². The summed E-state index contributed by atoms with van der Waals surface area (Å²) >= 11 is 0. The Morgan fingerprint density at radius 1 is 1.04 bits per heavy atom. The molecule has 0 aliphatic rings. The van der Waals surface area contributed by atoms with Gasteiger partial charge in [-0.15, -0.1) is 0 Å². The quantitative estimate of drug-likeness (QED) is 0.748. The lowest BCUT2D eigenvalue weighted by Gasteiger charge is -2.19. The molecule has 0 saturated heterocycles. The van der Waals surface area contributed by atoms with Gasteiger partial charge in [0, 0.05) is 5.56 Å². The van der Waals surface area contributed by atoms with Crippen LogP contribution in [0.1, 0.15) is 19.4 Å². The van der Waals surface area contributed by atoms with Gasteiger partial charge in [-0.1, -0.05) is 12.1 Å². The first-order chi connectivity index (χ1) is 11.3. The van der Waals surface area contributed by atoms with Crippen molar-refractivity contribution in [2.45, 2.75) is 26.1 Å². The fourth-order valence-electron chi connectivity index (χ4n) is 2.61. The highest BCUT2D eigenvalue weighted by atomic mass is 19.4. The average molecular weight is 336 g/mol. The number of rotatable bonds is 3. The summed E-state index contributed by atoms with van der Waals surface area (Å²) in [6.07, 6.45) is -4.80. The summed E-state index contributed by atoms with van der Waals surface area (Å²) in [4.78, 5) is 16.5. The van der Waals surface area contributed by atoms with Crippen molar-refractivity contribution in [3.63, 3.8) is 0 Å². The number of imidazole rings is 1. The van der Waals surface area contributed by atoms with E-state index in [1.807, 2.05) is 0 Å². The minimum Gasteiger partial charge on any atom is -0.490 e. The van der Waals surface area contributed by atoms with Gasteiger partial charge < -0.3 is 14.7 Å². The molecule has 24 heavy (non-hydrogen) atoms. The highest BCUT2D eigenvalue weighted by Crippen LogP contribution is 2.42. The third kappa shape index (κ3) is 3.02. The Morgan fingerprint density at radius 3 is 2.42 bits per heavy atom. The number of nitrogens with one attached hydrogen (secondary N) is 2. The van der Waals surface area contributed by atoms with Crippen LogP contribution in [-0.4, -0.2) is 16.1 Å². The maximum Gasteiger partial charge on any atom is 0.417 e. The van der Waals surface area contributed by atoms with E-state index >= 15 is 0 Å². The molecule has 0 amide bonds. The van der Waals surface area contributed by atoms with Crippen LogP contribution in [0.2, 0.25) is 0 Å². The smallest absolute Gasteiger partial charge is 0.417 e. The van der Waals surface area contributed by atoms with Crippen molar-refractivity contribution < 1.29 is 17.9 Å². The maximum atomic E-state index is 13.4. The second-order valence-corrected chi connectivity index (χ2v) is 5.68.